The average molecular weight is 187 g/mol. The molecule has 4 nitrogen and oxygen atoms in total. The van der Waals surface area contributed by atoms with Gasteiger partial charge in [-0.3, -0.25) is 0 Å². The summed E-state index contributed by atoms with van der Waals surface area (Å²) in [7, 11) is 3.62. The molecule has 0 aromatic carbocycles. The number of nitrogens with one attached hydrogen (secondary N) is 3. The van der Waals surface area contributed by atoms with E-state index in [1.54, 1.807) is 7.11 Å². The Labute approximate surface area is 80.7 Å². The minimum absolute atomic E-state index is 0.380. The third-order valence-corrected chi connectivity index (χ3v) is 1.54. The average Bonchev–Trinajstić information content (AvgIpc) is 2.58. The number of hydrogen-bond acceptors (Lipinski definition) is 4. The van der Waals surface area contributed by atoms with Gasteiger partial charge in [0.05, 0.1) is 12.6 Å². The maximum atomic E-state index is 4.96. The molecule has 13 heavy (non-hydrogen) atoms. The van der Waals surface area contributed by atoms with Crippen molar-refractivity contribution in [2.75, 3.05) is 27.3 Å². The van der Waals surface area contributed by atoms with Crippen LogP contribution in [0.5, 0.6) is 0 Å². The summed E-state index contributed by atoms with van der Waals surface area (Å²) in [6.07, 6.45) is 2.12. The molecule has 0 fully saturated rings. The predicted octanol–water partition coefficient (Wildman–Crippen LogP) is 0.239. The zero-order valence-corrected chi connectivity index (χ0v) is 8.98. The Morgan fingerprint density at radius 2 is 2.23 bits per heavy atom. The van der Waals surface area contributed by atoms with Crippen molar-refractivity contribution < 1.29 is 4.74 Å². The van der Waals surface area contributed by atoms with Crippen LogP contribution in [-0.2, 0) is 4.74 Å². The van der Waals surface area contributed by atoms with E-state index in [0.717, 1.165) is 12.2 Å². The molecule has 78 valence electrons. The highest BCUT2D eigenvalue weighted by Gasteiger charge is 2.12. The van der Waals surface area contributed by atoms with Gasteiger partial charge in [0.15, 0.2) is 0 Å². The first-order valence-electron chi connectivity index (χ1n) is 4.72. The molecule has 0 saturated heterocycles. The van der Waals surface area contributed by atoms with Crippen LogP contribution < -0.4 is 16.2 Å². The van der Waals surface area contributed by atoms with E-state index in [1.165, 1.54) is 0 Å². The van der Waals surface area contributed by atoms with Crippen LogP contribution in [0.15, 0.2) is 11.8 Å². The molecule has 1 atom stereocenters. The molecule has 0 saturated carbocycles. The fourth-order valence-corrected chi connectivity index (χ4v) is 1.08. The van der Waals surface area contributed by atoms with Gasteiger partial charge >= 0.3 is 0 Å². The van der Waals surface area contributed by atoms with Crippen LogP contribution in [-0.4, -0.2) is 33.4 Å². The molecular formula is C9H21N3O. The topological polar surface area (TPSA) is 45.3 Å². The minimum Gasteiger partial charge on any atom is -0.378 e. The van der Waals surface area contributed by atoms with Gasteiger partial charge in [-0.2, -0.15) is 0 Å². The second-order valence-electron chi connectivity index (χ2n) is 2.56. The number of rotatable bonds is 4. The van der Waals surface area contributed by atoms with E-state index in [0.29, 0.717) is 12.6 Å². The van der Waals surface area contributed by atoms with E-state index >= 15 is 0 Å². The van der Waals surface area contributed by atoms with Crippen molar-refractivity contribution in [2.45, 2.75) is 19.9 Å². The van der Waals surface area contributed by atoms with Gasteiger partial charge < -0.3 is 15.5 Å². The van der Waals surface area contributed by atoms with E-state index in [9.17, 15) is 0 Å². The lowest BCUT2D eigenvalue weighted by molar-refractivity contribution is 0.220. The first-order chi connectivity index (χ1) is 6.36. The first-order valence-corrected chi connectivity index (χ1v) is 4.72. The standard InChI is InChI=1S/C7H15N3O.C2H6/c1-8-4-6-3-7(5-11-2)10-9-6;1-2/h3,6,8-10H,4-5H2,1-2H3;1-2H3. The molecule has 0 aromatic heterocycles. The highest BCUT2D eigenvalue weighted by molar-refractivity contribution is 5.10. The Kier molecular flexibility index (Phi) is 7.68. The number of hydrogen-bond donors (Lipinski definition) is 3. The Hall–Kier alpha value is -0.580. The van der Waals surface area contributed by atoms with E-state index in [4.69, 9.17) is 4.74 Å². The van der Waals surface area contributed by atoms with Crippen molar-refractivity contribution in [3.8, 4) is 0 Å². The molecule has 1 aliphatic rings. The van der Waals surface area contributed by atoms with Gasteiger partial charge in [-0.25, -0.2) is 5.43 Å². The summed E-state index contributed by atoms with van der Waals surface area (Å²) < 4.78 is 4.96. The maximum absolute atomic E-state index is 4.96. The molecule has 1 rings (SSSR count). The van der Waals surface area contributed by atoms with E-state index in [-0.39, 0.29) is 0 Å². The Morgan fingerprint density at radius 1 is 1.54 bits per heavy atom. The third kappa shape index (κ3) is 4.87. The first kappa shape index (κ1) is 12.4. The SMILES string of the molecule is CC.CNCC1C=C(COC)NN1. The van der Waals surface area contributed by atoms with E-state index in [1.807, 2.05) is 20.9 Å². The lowest BCUT2D eigenvalue weighted by Crippen LogP contribution is -2.38. The van der Waals surface area contributed by atoms with Crippen LogP contribution in [0, 0.1) is 0 Å². The molecule has 4 heteroatoms. The van der Waals surface area contributed by atoms with Crippen LogP contribution in [0.4, 0.5) is 0 Å². The van der Waals surface area contributed by atoms with Crippen LogP contribution in [0.1, 0.15) is 13.8 Å². The van der Waals surface area contributed by atoms with E-state index in [2.05, 4.69) is 22.2 Å². The molecule has 0 spiro atoms. The molecule has 1 heterocycles. The molecule has 0 amide bonds. The van der Waals surface area contributed by atoms with E-state index < -0.39 is 0 Å². The number of hydrazine groups is 1. The number of ether oxygens (including phenoxy) is 1. The molecule has 0 aromatic rings. The summed E-state index contributed by atoms with van der Waals surface area (Å²) >= 11 is 0. The quantitative estimate of drug-likeness (QED) is 0.590. The van der Waals surface area contributed by atoms with Crippen molar-refractivity contribution in [2.24, 2.45) is 0 Å². The highest BCUT2D eigenvalue weighted by atomic mass is 16.5. The Balaban J connectivity index is 0.000000671. The number of methoxy groups -OCH3 is 1. The summed E-state index contributed by atoms with van der Waals surface area (Å²) in [6.45, 7) is 5.58. The number of likely N-dealkylation sites (N-methyl/N-ethyl adjacent to an activating group) is 1. The third-order valence-electron chi connectivity index (χ3n) is 1.54. The van der Waals surface area contributed by atoms with Crippen molar-refractivity contribution in [1.29, 1.82) is 0 Å². The Morgan fingerprint density at radius 3 is 2.77 bits per heavy atom. The molecule has 0 bridgehead atoms. The molecule has 1 unspecified atom stereocenters. The van der Waals surface area contributed by atoms with Gasteiger partial charge in [0.25, 0.3) is 0 Å². The molecule has 3 N–H and O–H groups in total. The fraction of sp³-hybridized carbons (Fsp3) is 0.778. The van der Waals surface area contributed by atoms with Crippen LogP contribution >= 0.6 is 0 Å². The lowest BCUT2D eigenvalue weighted by Gasteiger charge is -2.06. The summed E-state index contributed by atoms with van der Waals surface area (Å²) in [5.41, 5.74) is 7.25. The van der Waals surface area contributed by atoms with Gasteiger partial charge in [-0.15, -0.1) is 0 Å². The smallest absolute Gasteiger partial charge is 0.0869 e. The maximum Gasteiger partial charge on any atom is 0.0869 e. The summed E-state index contributed by atoms with van der Waals surface area (Å²) in [6, 6.07) is 0.380. The molecule has 0 radical (unpaired) electrons. The zero-order chi connectivity index (χ0) is 10.1. The Bertz CT molecular complexity index is 148. The van der Waals surface area contributed by atoms with Crippen LogP contribution in [0.3, 0.4) is 0 Å². The van der Waals surface area contributed by atoms with Gasteiger partial charge in [0, 0.05) is 19.4 Å². The second-order valence-corrected chi connectivity index (χ2v) is 2.56. The zero-order valence-electron chi connectivity index (χ0n) is 8.98. The monoisotopic (exact) mass is 187 g/mol. The lowest BCUT2D eigenvalue weighted by atomic mass is 10.3. The molecular weight excluding hydrogens is 166 g/mol. The van der Waals surface area contributed by atoms with Gasteiger partial charge in [-0.05, 0) is 13.1 Å². The van der Waals surface area contributed by atoms with Crippen molar-refractivity contribution in [3.63, 3.8) is 0 Å². The van der Waals surface area contributed by atoms with Gasteiger partial charge in [0.2, 0.25) is 0 Å². The fourth-order valence-electron chi connectivity index (χ4n) is 1.08. The van der Waals surface area contributed by atoms with Gasteiger partial charge in [-0.1, -0.05) is 13.8 Å². The van der Waals surface area contributed by atoms with Crippen LogP contribution in [0.25, 0.3) is 0 Å². The molecule has 1 aliphatic heterocycles. The van der Waals surface area contributed by atoms with Gasteiger partial charge in [0.1, 0.15) is 0 Å². The van der Waals surface area contributed by atoms with Crippen molar-refractivity contribution in [1.82, 2.24) is 16.2 Å². The summed E-state index contributed by atoms with van der Waals surface area (Å²) in [5, 5.41) is 3.08. The van der Waals surface area contributed by atoms with Crippen LogP contribution in [0.2, 0.25) is 0 Å². The predicted molar refractivity (Wildman–Crippen MR) is 55.3 cm³/mol. The molecule has 0 aliphatic carbocycles. The van der Waals surface area contributed by atoms with Crippen molar-refractivity contribution >= 4 is 0 Å². The second kappa shape index (κ2) is 8.04. The van der Waals surface area contributed by atoms with Crippen molar-refractivity contribution in [3.05, 3.63) is 11.8 Å². The normalized spacial score (nSPS) is 20.0. The summed E-state index contributed by atoms with van der Waals surface area (Å²) in [5.74, 6) is 0. The minimum atomic E-state index is 0.380. The summed E-state index contributed by atoms with van der Waals surface area (Å²) in [4.78, 5) is 0. The highest BCUT2D eigenvalue weighted by Crippen LogP contribution is 1.99. The largest absolute Gasteiger partial charge is 0.378 e.